The van der Waals surface area contributed by atoms with Crippen molar-refractivity contribution in [3.63, 3.8) is 0 Å². The van der Waals surface area contributed by atoms with E-state index >= 15 is 0 Å². The topological polar surface area (TPSA) is 43.4 Å². The molecule has 4 nitrogen and oxygen atoms in total. The predicted molar refractivity (Wildman–Crippen MR) is 97.9 cm³/mol. The molecule has 0 saturated carbocycles. The van der Waals surface area contributed by atoms with Gasteiger partial charge in [-0.1, -0.05) is 24.6 Å². The molecule has 0 amide bonds. The van der Waals surface area contributed by atoms with Gasteiger partial charge in [-0.05, 0) is 25.2 Å². The fourth-order valence-electron chi connectivity index (χ4n) is 3.16. The number of rotatable bonds is 5. The lowest BCUT2D eigenvalue weighted by atomic mass is 9.95. The maximum Gasteiger partial charge on any atom is 0.398 e. The van der Waals surface area contributed by atoms with E-state index in [1.54, 1.807) is 18.2 Å². The summed E-state index contributed by atoms with van der Waals surface area (Å²) in [5.74, 6) is -0.795. The van der Waals surface area contributed by atoms with E-state index in [0.717, 1.165) is 5.56 Å². The van der Waals surface area contributed by atoms with Crippen LogP contribution in [0.4, 0.5) is 13.2 Å². The van der Waals surface area contributed by atoms with Crippen molar-refractivity contribution in [2.75, 3.05) is 27.3 Å². The summed E-state index contributed by atoms with van der Waals surface area (Å²) >= 11 is 6.07. The third-order valence-corrected chi connectivity index (χ3v) is 4.93. The van der Waals surface area contributed by atoms with Crippen LogP contribution in [0.5, 0.6) is 11.5 Å². The lowest BCUT2D eigenvalue weighted by molar-refractivity contribution is -0.150. The first-order chi connectivity index (χ1) is 12.8. The van der Waals surface area contributed by atoms with E-state index in [9.17, 15) is 13.2 Å². The van der Waals surface area contributed by atoms with Gasteiger partial charge in [0.2, 0.25) is 0 Å². The van der Waals surface area contributed by atoms with E-state index in [1.165, 1.54) is 20.2 Å². The standard InChI is InChI=1S/C19H20ClF3N2O2/c1-10-9-27-18-12(10)7-15(13(8-24-2)19(21,22)23)25-17(18)11-4-5-14(20)16(6-11)26-3/h4-7,10,13,24H,8-9H2,1-3H3. The molecule has 2 aromatic rings. The molecule has 146 valence electrons. The summed E-state index contributed by atoms with van der Waals surface area (Å²) in [5.41, 5.74) is 1.66. The van der Waals surface area contributed by atoms with Gasteiger partial charge >= 0.3 is 6.18 Å². The number of benzene rings is 1. The van der Waals surface area contributed by atoms with Gasteiger partial charge in [-0.3, -0.25) is 0 Å². The minimum absolute atomic E-state index is 0.0156. The number of ether oxygens (including phenoxy) is 2. The number of alkyl halides is 3. The van der Waals surface area contributed by atoms with Gasteiger partial charge < -0.3 is 14.8 Å². The van der Waals surface area contributed by atoms with Crippen molar-refractivity contribution in [3.8, 4) is 22.8 Å². The van der Waals surface area contributed by atoms with Gasteiger partial charge in [-0.15, -0.1) is 0 Å². The Morgan fingerprint density at radius 2 is 2.11 bits per heavy atom. The molecular weight excluding hydrogens is 381 g/mol. The Balaban J connectivity index is 2.19. The van der Waals surface area contributed by atoms with Crippen LogP contribution in [-0.4, -0.2) is 38.5 Å². The molecule has 1 aromatic heterocycles. The van der Waals surface area contributed by atoms with Crippen molar-refractivity contribution < 1.29 is 22.6 Å². The molecule has 27 heavy (non-hydrogen) atoms. The van der Waals surface area contributed by atoms with Crippen molar-refractivity contribution in [1.82, 2.24) is 10.3 Å². The first-order valence-corrected chi connectivity index (χ1v) is 8.87. The second-order valence-electron chi connectivity index (χ2n) is 6.53. The third-order valence-electron chi connectivity index (χ3n) is 4.62. The molecular formula is C19H20ClF3N2O2. The number of nitrogens with one attached hydrogen (secondary N) is 1. The minimum Gasteiger partial charge on any atom is -0.495 e. The molecule has 0 aliphatic carbocycles. The van der Waals surface area contributed by atoms with Crippen LogP contribution < -0.4 is 14.8 Å². The Hall–Kier alpha value is -1.99. The SMILES string of the molecule is CNCC(c1cc2c(c(-c3ccc(Cl)c(OC)c3)n1)OCC2C)C(F)(F)F. The summed E-state index contributed by atoms with van der Waals surface area (Å²) in [5, 5.41) is 3.02. The normalized spacial score (nSPS) is 17.4. The highest BCUT2D eigenvalue weighted by Crippen LogP contribution is 2.45. The number of hydrogen-bond acceptors (Lipinski definition) is 4. The van der Waals surface area contributed by atoms with Gasteiger partial charge in [0, 0.05) is 23.6 Å². The fourth-order valence-corrected chi connectivity index (χ4v) is 3.36. The molecule has 2 unspecified atom stereocenters. The zero-order valence-corrected chi connectivity index (χ0v) is 15.9. The van der Waals surface area contributed by atoms with Crippen molar-refractivity contribution in [2.24, 2.45) is 0 Å². The molecule has 0 bridgehead atoms. The van der Waals surface area contributed by atoms with Crippen LogP contribution in [0.15, 0.2) is 24.3 Å². The van der Waals surface area contributed by atoms with Crippen LogP contribution in [0.25, 0.3) is 11.3 Å². The summed E-state index contributed by atoms with van der Waals surface area (Å²) in [6.45, 7) is 2.07. The average molecular weight is 401 g/mol. The van der Waals surface area contributed by atoms with Crippen molar-refractivity contribution in [1.29, 1.82) is 0 Å². The van der Waals surface area contributed by atoms with Crippen molar-refractivity contribution in [2.45, 2.75) is 24.9 Å². The van der Waals surface area contributed by atoms with Crippen molar-refractivity contribution >= 4 is 11.6 Å². The van der Waals surface area contributed by atoms with E-state index in [4.69, 9.17) is 21.1 Å². The van der Waals surface area contributed by atoms with Crippen LogP contribution in [0.1, 0.15) is 30.0 Å². The average Bonchev–Trinajstić information content (AvgIpc) is 2.99. The summed E-state index contributed by atoms with van der Waals surface area (Å²) < 4.78 is 51.8. The number of hydrogen-bond donors (Lipinski definition) is 1. The number of aromatic nitrogens is 1. The van der Waals surface area contributed by atoms with E-state index in [1.807, 2.05) is 6.92 Å². The Bertz CT molecular complexity index is 842. The molecule has 2 heterocycles. The van der Waals surface area contributed by atoms with Gasteiger partial charge in [-0.25, -0.2) is 4.98 Å². The number of likely N-dealkylation sites (N-methyl/N-ethyl adjacent to an activating group) is 1. The molecule has 0 radical (unpaired) electrons. The van der Waals surface area contributed by atoms with Gasteiger partial charge in [0.25, 0.3) is 0 Å². The van der Waals surface area contributed by atoms with Crippen LogP contribution in [0.3, 0.4) is 0 Å². The van der Waals surface area contributed by atoms with Crippen LogP contribution in [-0.2, 0) is 0 Å². The molecule has 2 atom stereocenters. The lowest BCUT2D eigenvalue weighted by Crippen LogP contribution is -2.30. The van der Waals surface area contributed by atoms with E-state index in [0.29, 0.717) is 34.4 Å². The molecule has 0 saturated heterocycles. The van der Waals surface area contributed by atoms with Crippen LogP contribution >= 0.6 is 11.6 Å². The first kappa shape index (κ1) is 19.8. The molecule has 8 heteroatoms. The van der Waals surface area contributed by atoms with Gasteiger partial charge in [0.1, 0.15) is 23.1 Å². The first-order valence-electron chi connectivity index (χ1n) is 8.49. The van der Waals surface area contributed by atoms with Gasteiger partial charge in [0.05, 0.1) is 24.4 Å². The van der Waals surface area contributed by atoms with Crippen molar-refractivity contribution in [3.05, 3.63) is 40.5 Å². The summed E-state index contributed by atoms with van der Waals surface area (Å²) in [6, 6.07) is 6.49. The molecule has 3 rings (SSSR count). The molecule has 1 aliphatic heterocycles. The maximum absolute atomic E-state index is 13.6. The molecule has 1 N–H and O–H groups in total. The van der Waals surface area contributed by atoms with E-state index in [2.05, 4.69) is 10.3 Å². The highest BCUT2D eigenvalue weighted by Gasteiger charge is 2.42. The Labute approximate surface area is 160 Å². The molecule has 1 aliphatic rings. The third kappa shape index (κ3) is 3.84. The molecule has 0 fully saturated rings. The van der Waals surface area contributed by atoms with E-state index in [-0.39, 0.29) is 18.2 Å². The number of methoxy groups -OCH3 is 1. The maximum atomic E-state index is 13.6. The lowest BCUT2D eigenvalue weighted by Gasteiger charge is -2.21. The smallest absolute Gasteiger partial charge is 0.398 e. The second kappa shape index (κ2) is 7.56. The largest absolute Gasteiger partial charge is 0.495 e. The molecule has 1 aromatic carbocycles. The summed E-state index contributed by atoms with van der Waals surface area (Å²) in [7, 11) is 2.97. The molecule has 0 spiro atoms. The van der Waals surface area contributed by atoms with Crippen LogP contribution in [0, 0.1) is 0 Å². The number of fused-ring (bicyclic) bond motifs is 1. The Kier molecular flexibility index (Phi) is 5.53. The zero-order valence-electron chi connectivity index (χ0n) is 15.2. The number of nitrogens with zero attached hydrogens (tertiary/aromatic N) is 1. The zero-order chi connectivity index (χ0) is 19.8. The van der Waals surface area contributed by atoms with Crippen LogP contribution in [0.2, 0.25) is 5.02 Å². The highest BCUT2D eigenvalue weighted by molar-refractivity contribution is 6.32. The summed E-state index contributed by atoms with van der Waals surface area (Å²) in [4.78, 5) is 4.36. The summed E-state index contributed by atoms with van der Waals surface area (Å²) in [6.07, 6.45) is -4.41. The second-order valence-corrected chi connectivity index (χ2v) is 6.93. The van der Waals surface area contributed by atoms with E-state index < -0.39 is 12.1 Å². The highest BCUT2D eigenvalue weighted by atomic mass is 35.5. The fraction of sp³-hybridized carbons (Fsp3) is 0.421. The number of halogens is 4. The monoisotopic (exact) mass is 400 g/mol. The number of pyridine rings is 1. The Morgan fingerprint density at radius 3 is 2.74 bits per heavy atom. The Morgan fingerprint density at radius 1 is 1.37 bits per heavy atom. The quantitative estimate of drug-likeness (QED) is 0.785. The van der Waals surface area contributed by atoms with Gasteiger partial charge in [0.15, 0.2) is 0 Å². The minimum atomic E-state index is -4.41. The van der Waals surface area contributed by atoms with Gasteiger partial charge in [-0.2, -0.15) is 13.2 Å². The predicted octanol–water partition coefficient (Wildman–Crippen LogP) is 4.77.